The first-order valence-electron chi connectivity index (χ1n) is 11.3. The Bertz CT molecular complexity index is 1460. The maximum Gasteiger partial charge on any atom is 0.259 e. The minimum atomic E-state index is -0.283. The molecule has 0 saturated heterocycles. The van der Waals surface area contributed by atoms with Gasteiger partial charge in [0.25, 0.3) is 5.91 Å². The molecule has 1 unspecified atom stereocenters. The fourth-order valence-corrected chi connectivity index (χ4v) is 4.09. The molecule has 1 atom stereocenters. The number of fused-ring (bicyclic) bond motifs is 1. The van der Waals surface area contributed by atoms with Gasteiger partial charge in [-0.15, -0.1) is 0 Å². The maximum atomic E-state index is 13.2. The van der Waals surface area contributed by atoms with Crippen LogP contribution < -0.4 is 10.1 Å². The second kappa shape index (κ2) is 10.1. The van der Waals surface area contributed by atoms with E-state index in [2.05, 4.69) is 10.3 Å². The summed E-state index contributed by atoms with van der Waals surface area (Å²) in [6.07, 6.45) is 2.97. The van der Waals surface area contributed by atoms with Gasteiger partial charge in [-0.3, -0.25) is 4.79 Å². The predicted molar refractivity (Wildman–Crippen MR) is 136 cm³/mol. The summed E-state index contributed by atoms with van der Waals surface area (Å²) >= 11 is 0. The fraction of sp³-hybridized carbons (Fsp3) is 0.0690. The summed E-state index contributed by atoms with van der Waals surface area (Å²) in [5.74, 6) is 0.840. The van der Waals surface area contributed by atoms with Gasteiger partial charge in [0.1, 0.15) is 17.8 Å². The van der Waals surface area contributed by atoms with Gasteiger partial charge in [-0.2, -0.15) is 0 Å². The van der Waals surface area contributed by atoms with E-state index in [1.807, 2.05) is 89.5 Å². The first-order valence-corrected chi connectivity index (χ1v) is 11.3. The van der Waals surface area contributed by atoms with Crippen LogP contribution in [-0.4, -0.2) is 21.7 Å². The summed E-state index contributed by atoms with van der Waals surface area (Å²) < 4.78 is 7.92. The Hall–Kier alpha value is -4.71. The highest BCUT2D eigenvalue weighted by atomic mass is 16.5. The Morgan fingerprint density at radius 1 is 0.914 bits per heavy atom. The standard InChI is InChI=1S/C29H23N3O3/c33-18-17-26(21-9-3-1-4-10-21)32-20-30-25-16-15-22(19-27(25)32)31-29(34)24-13-7-8-14-28(24)35-23-11-5-2-6-12-23/h1-16,18-20,26H,17H2,(H,31,34). The van der Waals surface area contributed by atoms with Crippen LogP contribution in [-0.2, 0) is 4.79 Å². The number of hydrogen-bond acceptors (Lipinski definition) is 4. The van der Waals surface area contributed by atoms with Gasteiger partial charge in [0.15, 0.2) is 0 Å². The van der Waals surface area contributed by atoms with Gasteiger partial charge >= 0.3 is 0 Å². The van der Waals surface area contributed by atoms with Crippen LogP contribution in [0, 0.1) is 0 Å². The lowest BCUT2D eigenvalue weighted by Crippen LogP contribution is -2.13. The van der Waals surface area contributed by atoms with E-state index >= 15 is 0 Å². The van der Waals surface area contributed by atoms with Crippen molar-refractivity contribution in [1.82, 2.24) is 9.55 Å². The van der Waals surface area contributed by atoms with E-state index in [1.54, 1.807) is 24.5 Å². The summed E-state index contributed by atoms with van der Waals surface area (Å²) in [4.78, 5) is 29.1. The largest absolute Gasteiger partial charge is 0.457 e. The Balaban J connectivity index is 1.44. The molecule has 5 rings (SSSR count). The number of para-hydroxylation sites is 2. The Kier molecular flexibility index (Phi) is 6.35. The molecular formula is C29H23N3O3. The van der Waals surface area contributed by atoms with Crippen molar-refractivity contribution in [2.24, 2.45) is 0 Å². The Morgan fingerprint density at radius 3 is 2.40 bits per heavy atom. The topological polar surface area (TPSA) is 73.2 Å². The van der Waals surface area contributed by atoms with Crippen molar-refractivity contribution >= 4 is 28.9 Å². The third kappa shape index (κ3) is 4.82. The number of nitrogens with zero attached hydrogens (tertiary/aromatic N) is 2. The first kappa shape index (κ1) is 22.1. The van der Waals surface area contributed by atoms with E-state index in [-0.39, 0.29) is 11.9 Å². The number of ether oxygens (including phenoxy) is 1. The van der Waals surface area contributed by atoms with Gasteiger partial charge in [-0.25, -0.2) is 4.98 Å². The summed E-state index contributed by atoms with van der Waals surface area (Å²) in [5.41, 5.74) is 3.67. The Morgan fingerprint density at radius 2 is 1.63 bits per heavy atom. The van der Waals surface area contributed by atoms with Gasteiger partial charge in [-0.05, 0) is 48.0 Å². The number of carbonyl (C=O) groups is 2. The predicted octanol–water partition coefficient (Wildman–Crippen LogP) is 6.26. The number of hydrogen-bond donors (Lipinski definition) is 1. The lowest BCUT2D eigenvalue weighted by atomic mass is 10.0. The van der Waals surface area contributed by atoms with Gasteiger partial charge in [0.2, 0.25) is 0 Å². The minimum Gasteiger partial charge on any atom is -0.457 e. The van der Waals surface area contributed by atoms with Crippen molar-refractivity contribution in [3.63, 3.8) is 0 Å². The van der Waals surface area contributed by atoms with Crippen molar-refractivity contribution < 1.29 is 14.3 Å². The van der Waals surface area contributed by atoms with Crippen LogP contribution in [0.3, 0.4) is 0 Å². The zero-order chi connectivity index (χ0) is 24.0. The second-order valence-corrected chi connectivity index (χ2v) is 8.05. The third-order valence-corrected chi connectivity index (χ3v) is 5.77. The van der Waals surface area contributed by atoms with E-state index in [0.717, 1.165) is 22.9 Å². The molecular weight excluding hydrogens is 438 g/mol. The van der Waals surface area contributed by atoms with Crippen molar-refractivity contribution in [3.05, 3.63) is 121 Å². The highest BCUT2D eigenvalue weighted by Gasteiger charge is 2.18. The summed E-state index contributed by atoms with van der Waals surface area (Å²) in [6.45, 7) is 0. The number of anilines is 1. The smallest absolute Gasteiger partial charge is 0.259 e. The number of rotatable bonds is 8. The molecule has 1 amide bonds. The van der Waals surface area contributed by atoms with E-state index in [0.29, 0.717) is 29.2 Å². The summed E-state index contributed by atoms with van der Waals surface area (Å²) in [6, 6.07) is 31.7. The number of benzene rings is 4. The molecule has 0 aliphatic carbocycles. The average Bonchev–Trinajstić information content (AvgIpc) is 3.31. The van der Waals surface area contributed by atoms with Crippen molar-refractivity contribution in [2.75, 3.05) is 5.32 Å². The lowest BCUT2D eigenvalue weighted by Gasteiger charge is -2.18. The van der Waals surface area contributed by atoms with Crippen LogP contribution in [0.25, 0.3) is 11.0 Å². The van der Waals surface area contributed by atoms with Crippen LogP contribution >= 0.6 is 0 Å². The van der Waals surface area contributed by atoms with Crippen LogP contribution in [0.1, 0.15) is 28.4 Å². The molecule has 0 saturated carbocycles. The number of carbonyl (C=O) groups excluding carboxylic acids is 2. The molecule has 0 fully saturated rings. The van der Waals surface area contributed by atoms with Gasteiger partial charge in [-0.1, -0.05) is 60.7 Å². The molecule has 0 spiro atoms. The van der Waals surface area contributed by atoms with Crippen LogP contribution in [0.15, 0.2) is 109 Å². The monoisotopic (exact) mass is 461 g/mol. The molecule has 0 aliphatic rings. The van der Waals surface area contributed by atoms with Crippen LogP contribution in [0.2, 0.25) is 0 Å². The van der Waals surface area contributed by atoms with Crippen molar-refractivity contribution in [2.45, 2.75) is 12.5 Å². The van der Waals surface area contributed by atoms with E-state index in [4.69, 9.17) is 4.74 Å². The number of nitrogens with one attached hydrogen (secondary N) is 1. The van der Waals surface area contributed by atoms with Gasteiger partial charge in [0, 0.05) is 12.1 Å². The molecule has 6 heteroatoms. The molecule has 35 heavy (non-hydrogen) atoms. The SMILES string of the molecule is O=CCC(c1ccccc1)n1cnc2ccc(NC(=O)c3ccccc3Oc3ccccc3)cc21. The van der Waals surface area contributed by atoms with Crippen LogP contribution in [0.4, 0.5) is 5.69 Å². The minimum absolute atomic E-state index is 0.190. The molecule has 1 N–H and O–H groups in total. The highest BCUT2D eigenvalue weighted by molar-refractivity contribution is 6.06. The quantitative estimate of drug-likeness (QED) is 0.277. The molecule has 1 heterocycles. The number of aldehydes is 1. The molecule has 1 aromatic heterocycles. The number of amides is 1. The molecule has 5 aromatic rings. The summed E-state index contributed by atoms with van der Waals surface area (Å²) in [5, 5.41) is 2.97. The number of imidazole rings is 1. The van der Waals surface area contributed by atoms with Crippen molar-refractivity contribution in [1.29, 1.82) is 0 Å². The zero-order valence-corrected chi connectivity index (χ0v) is 18.9. The second-order valence-electron chi connectivity index (χ2n) is 8.05. The van der Waals surface area contributed by atoms with Crippen LogP contribution in [0.5, 0.6) is 11.5 Å². The number of aromatic nitrogens is 2. The average molecular weight is 462 g/mol. The normalized spacial score (nSPS) is 11.7. The Labute approximate surface area is 202 Å². The fourth-order valence-electron chi connectivity index (χ4n) is 4.09. The third-order valence-electron chi connectivity index (χ3n) is 5.77. The molecule has 6 nitrogen and oxygen atoms in total. The zero-order valence-electron chi connectivity index (χ0n) is 18.9. The van der Waals surface area contributed by atoms with Crippen molar-refractivity contribution in [3.8, 4) is 11.5 Å². The van der Waals surface area contributed by atoms with E-state index in [9.17, 15) is 9.59 Å². The lowest BCUT2D eigenvalue weighted by molar-refractivity contribution is -0.108. The molecule has 0 bridgehead atoms. The highest BCUT2D eigenvalue weighted by Crippen LogP contribution is 2.29. The van der Waals surface area contributed by atoms with Gasteiger partial charge < -0.3 is 19.4 Å². The first-order chi connectivity index (χ1) is 17.2. The maximum absolute atomic E-state index is 13.2. The molecule has 172 valence electrons. The van der Waals surface area contributed by atoms with E-state index in [1.165, 1.54) is 0 Å². The summed E-state index contributed by atoms with van der Waals surface area (Å²) in [7, 11) is 0. The molecule has 0 radical (unpaired) electrons. The molecule has 4 aromatic carbocycles. The van der Waals surface area contributed by atoms with Gasteiger partial charge in [0.05, 0.1) is 29.0 Å². The van der Waals surface area contributed by atoms with E-state index < -0.39 is 0 Å². The molecule has 0 aliphatic heterocycles.